The SMILES string of the molecule is COc1ccccc1N1CCN(C(=O)CN2C(=O)NC3(CCc4ccccc43)C2=O)CC1. The van der Waals surface area contributed by atoms with Gasteiger partial charge in [-0.3, -0.25) is 14.5 Å². The molecule has 1 spiro atoms. The molecule has 8 nitrogen and oxygen atoms in total. The number of ether oxygens (including phenoxy) is 1. The number of carbonyl (C=O) groups excluding carboxylic acids is 3. The number of methoxy groups -OCH3 is 1. The van der Waals surface area contributed by atoms with Crippen LogP contribution in [0.15, 0.2) is 48.5 Å². The van der Waals surface area contributed by atoms with Crippen LogP contribution in [0.3, 0.4) is 0 Å². The van der Waals surface area contributed by atoms with Crippen molar-refractivity contribution in [3.8, 4) is 5.75 Å². The number of fused-ring (bicyclic) bond motifs is 2. The molecule has 2 heterocycles. The number of imide groups is 1. The molecule has 1 unspecified atom stereocenters. The van der Waals surface area contributed by atoms with Crippen molar-refractivity contribution in [2.45, 2.75) is 18.4 Å². The van der Waals surface area contributed by atoms with E-state index in [4.69, 9.17) is 4.74 Å². The number of carbonyl (C=O) groups is 3. The molecular formula is C24H26N4O4. The fourth-order valence-corrected chi connectivity index (χ4v) is 5.06. The summed E-state index contributed by atoms with van der Waals surface area (Å²) in [6, 6.07) is 15.0. The van der Waals surface area contributed by atoms with Gasteiger partial charge >= 0.3 is 6.03 Å². The van der Waals surface area contributed by atoms with Gasteiger partial charge in [0.25, 0.3) is 5.91 Å². The van der Waals surface area contributed by atoms with E-state index in [0.717, 1.165) is 33.9 Å². The van der Waals surface area contributed by atoms with E-state index in [1.54, 1.807) is 12.0 Å². The van der Waals surface area contributed by atoms with Gasteiger partial charge in [0.2, 0.25) is 5.91 Å². The Morgan fingerprint density at radius 2 is 1.75 bits per heavy atom. The second-order valence-electron chi connectivity index (χ2n) is 8.42. The van der Waals surface area contributed by atoms with Crippen LogP contribution in [0.2, 0.25) is 0 Å². The first-order valence-corrected chi connectivity index (χ1v) is 10.9. The lowest BCUT2D eigenvalue weighted by molar-refractivity contribution is -0.139. The molecule has 1 atom stereocenters. The molecule has 0 radical (unpaired) electrons. The summed E-state index contributed by atoms with van der Waals surface area (Å²) in [6.45, 7) is 2.12. The standard InChI is InChI=1S/C24H26N4O4/c1-32-20-9-5-4-8-19(20)26-12-14-27(15-13-26)21(29)16-28-22(30)24(25-23(28)31)11-10-17-6-2-3-7-18(17)24/h2-9H,10-16H2,1H3,(H,25,31). The van der Waals surface area contributed by atoms with Gasteiger partial charge < -0.3 is 19.9 Å². The van der Waals surface area contributed by atoms with Crippen molar-refractivity contribution in [3.63, 3.8) is 0 Å². The molecule has 1 N–H and O–H groups in total. The number of para-hydroxylation sites is 2. The number of benzene rings is 2. The first-order chi connectivity index (χ1) is 15.5. The van der Waals surface area contributed by atoms with Gasteiger partial charge in [-0.05, 0) is 36.1 Å². The van der Waals surface area contributed by atoms with E-state index in [1.807, 2.05) is 48.5 Å². The Bertz CT molecular complexity index is 1080. The molecule has 8 heteroatoms. The molecule has 2 aromatic carbocycles. The minimum atomic E-state index is -1.03. The highest BCUT2D eigenvalue weighted by molar-refractivity contribution is 6.09. The first-order valence-electron chi connectivity index (χ1n) is 10.9. The molecule has 2 aliphatic heterocycles. The predicted molar refractivity (Wildman–Crippen MR) is 118 cm³/mol. The zero-order valence-corrected chi connectivity index (χ0v) is 18.0. The van der Waals surface area contributed by atoms with Gasteiger partial charge in [-0.25, -0.2) is 4.79 Å². The van der Waals surface area contributed by atoms with Gasteiger partial charge in [-0.15, -0.1) is 0 Å². The Hall–Kier alpha value is -3.55. The molecule has 1 aliphatic carbocycles. The van der Waals surface area contributed by atoms with E-state index < -0.39 is 11.6 Å². The second kappa shape index (κ2) is 7.85. The molecule has 3 aliphatic rings. The fourth-order valence-electron chi connectivity index (χ4n) is 5.06. The third kappa shape index (κ3) is 3.18. The van der Waals surface area contributed by atoms with Gasteiger partial charge in [-0.1, -0.05) is 36.4 Å². The van der Waals surface area contributed by atoms with Gasteiger partial charge in [0, 0.05) is 26.2 Å². The maximum atomic E-state index is 13.3. The van der Waals surface area contributed by atoms with E-state index >= 15 is 0 Å². The third-order valence-electron chi connectivity index (χ3n) is 6.77. The lowest BCUT2D eigenvalue weighted by atomic mass is 9.92. The number of anilines is 1. The third-order valence-corrected chi connectivity index (χ3v) is 6.77. The Balaban J connectivity index is 1.25. The van der Waals surface area contributed by atoms with Crippen molar-refractivity contribution in [3.05, 3.63) is 59.7 Å². The summed E-state index contributed by atoms with van der Waals surface area (Å²) in [6.07, 6.45) is 1.26. The highest BCUT2D eigenvalue weighted by atomic mass is 16.5. The van der Waals surface area contributed by atoms with Crippen LogP contribution in [0.1, 0.15) is 17.5 Å². The maximum Gasteiger partial charge on any atom is 0.325 e. The Morgan fingerprint density at radius 3 is 2.53 bits per heavy atom. The molecule has 5 rings (SSSR count). The molecule has 2 aromatic rings. The topological polar surface area (TPSA) is 82.2 Å². The predicted octanol–water partition coefficient (Wildman–Crippen LogP) is 1.74. The van der Waals surface area contributed by atoms with Crippen molar-refractivity contribution < 1.29 is 19.1 Å². The van der Waals surface area contributed by atoms with Crippen molar-refractivity contribution in [2.24, 2.45) is 0 Å². The normalized spacial score (nSPS) is 22.3. The Morgan fingerprint density at radius 1 is 1.03 bits per heavy atom. The minimum absolute atomic E-state index is 0.212. The molecule has 4 amide bonds. The number of urea groups is 1. The highest BCUT2D eigenvalue weighted by Gasteiger charge is 2.55. The van der Waals surface area contributed by atoms with Crippen molar-refractivity contribution in [1.29, 1.82) is 0 Å². The highest BCUT2D eigenvalue weighted by Crippen LogP contribution is 2.41. The molecule has 2 saturated heterocycles. The average molecular weight is 434 g/mol. The summed E-state index contributed by atoms with van der Waals surface area (Å²) in [7, 11) is 1.65. The van der Waals surface area contributed by atoms with Crippen LogP contribution in [-0.4, -0.2) is 67.5 Å². The maximum absolute atomic E-state index is 13.3. The van der Waals surface area contributed by atoms with Gasteiger partial charge in [0.1, 0.15) is 17.8 Å². The van der Waals surface area contributed by atoms with E-state index in [1.165, 1.54) is 0 Å². The lowest BCUT2D eigenvalue weighted by Crippen LogP contribution is -2.52. The van der Waals surface area contributed by atoms with Gasteiger partial charge in [0.05, 0.1) is 12.8 Å². The molecule has 2 fully saturated rings. The fraction of sp³-hybridized carbons (Fsp3) is 0.375. The molecule has 32 heavy (non-hydrogen) atoms. The van der Waals surface area contributed by atoms with Crippen molar-refractivity contribution in [1.82, 2.24) is 15.1 Å². The Labute approximate surface area is 186 Å². The van der Waals surface area contributed by atoms with E-state index in [9.17, 15) is 14.4 Å². The van der Waals surface area contributed by atoms with Crippen LogP contribution in [0.25, 0.3) is 0 Å². The van der Waals surface area contributed by atoms with E-state index in [0.29, 0.717) is 32.6 Å². The monoisotopic (exact) mass is 434 g/mol. The number of hydrogen-bond donors (Lipinski definition) is 1. The quantitative estimate of drug-likeness (QED) is 0.742. The van der Waals surface area contributed by atoms with Crippen LogP contribution in [0.4, 0.5) is 10.5 Å². The molecule has 0 saturated carbocycles. The van der Waals surface area contributed by atoms with Crippen LogP contribution < -0.4 is 15.0 Å². The van der Waals surface area contributed by atoms with Gasteiger partial charge in [-0.2, -0.15) is 0 Å². The van der Waals surface area contributed by atoms with Crippen LogP contribution >= 0.6 is 0 Å². The van der Waals surface area contributed by atoms with E-state index in [2.05, 4.69) is 10.2 Å². The van der Waals surface area contributed by atoms with Gasteiger partial charge in [0.15, 0.2) is 0 Å². The summed E-state index contributed by atoms with van der Waals surface area (Å²) in [5, 5.41) is 2.88. The van der Waals surface area contributed by atoms with Crippen LogP contribution in [0, 0.1) is 0 Å². The lowest BCUT2D eigenvalue weighted by Gasteiger charge is -2.37. The number of nitrogens with one attached hydrogen (secondary N) is 1. The number of amides is 4. The molecule has 0 aromatic heterocycles. The summed E-state index contributed by atoms with van der Waals surface area (Å²) in [5.74, 6) is 0.263. The van der Waals surface area contributed by atoms with Crippen LogP contribution in [-0.2, 0) is 21.5 Å². The second-order valence-corrected chi connectivity index (χ2v) is 8.42. The number of hydrogen-bond acceptors (Lipinski definition) is 5. The zero-order valence-electron chi connectivity index (χ0n) is 18.0. The molecular weight excluding hydrogens is 408 g/mol. The number of piperazine rings is 1. The van der Waals surface area contributed by atoms with Crippen LogP contribution in [0.5, 0.6) is 5.75 Å². The number of nitrogens with zero attached hydrogens (tertiary/aromatic N) is 3. The van der Waals surface area contributed by atoms with E-state index in [-0.39, 0.29) is 18.4 Å². The minimum Gasteiger partial charge on any atom is -0.495 e. The summed E-state index contributed by atoms with van der Waals surface area (Å²) >= 11 is 0. The number of rotatable bonds is 4. The molecule has 0 bridgehead atoms. The Kier molecular flexibility index (Phi) is 5.00. The average Bonchev–Trinajstić information content (AvgIpc) is 3.32. The van der Waals surface area contributed by atoms with Crippen molar-refractivity contribution in [2.75, 3.05) is 44.7 Å². The van der Waals surface area contributed by atoms with Crippen molar-refractivity contribution >= 4 is 23.5 Å². The number of aryl methyl sites for hydroxylation is 1. The smallest absolute Gasteiger partial charge is 0.325 e. The molecule has 166 valence electrons. The summed E-state index contributed by atoms with van der Waals surface area (Å²) in [5.41, 5.74) is 1.88. The first kappa shape index (κ1) is 20.4. The largest absolute Gasteiger partial charge is 0.495 e. The summed E-state index contributed by atoms with van der Waals surface area (Å²) < 4.78 is 5.45. The summed E-state index contributed by atoms with van der Waals surface area (Å²) in [4.78, 5) is 43.9. The zero-order chi connectivity index (χ0) is 22.3.